The van der Waals surface area contributed by atoms with E-state index in [1.165, 1.54) is 6.07 Å². The highest BCUT2D eigenvalue weighted by molar-refractivity contribution is 6.08. The minimum absolute atomic E-state index is 0.0279. The van der Waals surface area contributed by atoms with Crippen LogP contribution in [0.3, 0.4) is 0 Å². The number of hydrogen-bond acceptors (Lipinski definition) is 4. The Morgan fingerprint density at radius 3 is 2.53 bits per heavy atom. The lowest BCUT2D eigenvalue weighted by Gasteiger charge is -2.32. The van der Waals surface area contributed by atoms with Crippen LogP contribution in [-0.4, -0.2) is 22.6 Å². The van der Waals surface area contributed by atoms with Crippen molar-refractivity contribution in [1.29, 1.82) is 0 Å². The average Bonchev–Trinajstić information content (AvgIpc) is 2.44. The Hall–Kier alpha value is -2.33. The molecule has 19 heavy (non-hydrogen) atoms. The molecule has 4 nitrogen and oxygen atoms in total. The van der Waals surface area contributed by atoms with Crippen molar-refractivity contribution in [3.05, 3.63) is 59.7 Å². The number of rotatable bonds is 1. The van der Waals surface area contributed by atoms with Gasteiger partial charge in [-0.3, -0.25) is 4.79 Å². The molecule has 1 unspecified atom stereocenters. The molecular weight excluding hydrogens is 244 g/mol. The molecule has 0 aliphatic carbocycles. The molecule has 0 amide bonds. The van der Waals surface area contributed by atoms with Crippen LogP contribution in [0.4, 0.5) is 0 Å². The van der Waals surface area contributed by atoms with E-state index in [1.54, 1.807) is 42.5 Å². The van der Waals surface area contributed by atoms with Crippen molar-refractivity contribution in [2.45, 2.75) is 5.60 Å². The van der Waals surface area contributed by atoms with Crippen LogP contribution in [0.1, 0.15) is 15.9 Å². The van der Waals surface area contributed by atoms with Crippen molar-refractivity contribution in [2.24, 2.45) is 0 Å². The fraction of sp³-hybridized carbons (Fsp3) is 0.133. The predicted octanol–water partition coefficient (Wildman–Crippen LogP) is 1.86. The maximum atomic E-state index is 12.5. The monoisotopic (exact) mass is 256 g/mol. The van der Waals surface area contributed by atoms with E-state index in [-0.39, 0.29) is 17.9 Å². The molecule has 2 N–H and O–H groups in total. The maximum Gasteiger partial charge on any atom is 0.209 e. The third-order valence-corrected chi connectivity index (χ3v) is 3.29. The molecule has 0 aromatic heterocycles. The molecule has 3 rings (SSSR count). The van der Waals surface area contributed by atoms with Crippen LogP contribution in [0.5, 0.6) is 11.5 Å². The summed E-state index contributed by atoms with van der Waals surface area (Å²) in [6.45, 7) is -0.160. The molecule has 0 fully saturated rings. The van der Waals surface area contributed by atoms with Crippen LogP contribution in [0, 0.1) is 0 Å². The second-order valence-electron chi connectivity index (χ2n) is 4.49. The van der Waals surface area contributed by atoms with E-state index in [0.29, 0.717) is 11.3 Å². The summed E-state index contributed by atoms with van der Waals surface area (Å²) in [6, 6.07) is 13.2. The zero-order valence-electron chi connectivity index (χ0n) is 10.0. The molecule has 2 aromatic rings. The quantitative estimate of drug-likeness (QED) is 0.817. The number of fused-ring (bicyclic) bond motifs is 1. The number of Topliss-reactive ketones (excluding diaryl/α,β-unsaturated/α-hetero) is 1. The molecule has 2 aromatic carbocycles. The summed E-state index contributed by atoms with van der Waals surface area (Å²) in [7, 11) is 0. The first-order valence-electron chi connectivity index (χ1n) is 5.90. The molecule has 0 saturated heterocycles. The Balaban J connectivity index is 2.14. The summed E-state index contributed by atoms with van der Waals surface area (Å²) in [4.78, 5) is 12.5. The van der Waals surface area contributed by atoms with Crippen molar-refractivity contribution in [1.82, 2.24) is 0 Å². The molecule has 0 spiro atoms. The summed E-state index contributed by atoms with van der Waals surface area (Å²) < 4.78 is 5.41. The zero-order chi connectivity index (χ0) is 13.5. The molecule has 4 heteroatoms. The van der Waals surface area contributed by atoms with Crippen molar-refractivity contribution in [3.8, 4) is 11.5 Å². The van der Waals surface area contributed by atoms with Crippen LogP contribution in [0.15, 0.2) is 48.5 Å². The molecule has 1 heterocycles. The topological polar surface area (TPSA) is 66.8 Å². The number of carbonyl (C=O) groups excluding carboxylic acids is 1. The number of aromatic hydroxyl groups is 1. The minimum Gasteiger partial charge on any atom is -0.507 e. The van der Waals surface area contributed by atoms with Gasteiger partial charge in [-0.2, -0.15) is 0 Å². The summed E-state index contributed by atoms with van der Waals surface area (Å²) in [5.41, 5.74) is -1.28. The van der Waals surface area contributed by atoms with Crippen molar-refractivity contribution >= 4 is 5.78 Å². The average molecular weight is 256 g/mol. The molecule has 0 radical (unpaired) electrons. The van der Waals surface area contributed by atoms with Crippen molar-refractivity contribution in [3.63, 3.8) is 0 Å². The lowest BCUT2D eigenvalue weighted by molar-refractivity contribution is -0.00544. The zero-order valence-corrected chi connectivity index (χ0v) is 10.0. The van der Waals surface area contributed by atoms with E-state index in [1.807, 2.05) is 0 Å². The lowest BCUT2D eigenvalue weighted by Crippen LogP contribution is -2.44. The Morgan fingerprint density at radius 1 is 1.05 bits per heavy atom. The number of phenols is 1. The number of aliphatic hydroxyl groups is 1. The van der Waals surface area contributed by atoms with Gasteiger partial charge in [0.05, 0.1) is 0 Å². The van der Waals surface area contributed by atoms with Gasteiger partial charge in [0.15, 0.2) is 5.60 Å². The normalized spacial score (nSPS) is 21.6. The van der Waals surface area contributed by atoms with Gasteiger partial charge in [-0.1, -0.05) is 36.4 Å². The van der Waals surface area contributed by atoms with E-state index in [0.717, 1.165) is 0 Å². The number of ketones is 1. The van der Waals surface area contributed by atoms with Gasteiger partial charge in [0.25, 0.3) is 0 Å². The Kier molecular flexibility index (Phi) is 2.54. The summed E-state index contributed by atoms with van der Waals surface area (Å²) in [5.74, 6) is -0.430. The Labute approximate surface area is 109 Å². The molecule has 96 valence electrons. The second kappa shape index (κ2) is 4.10. The van der Waals surface area contributed by atoms with Gasteiger partial charge in [-0.25, -0.2) is 0 Å². The first kappa shape index (κ1) is 11.7. The first-order valence-corrected chi connectivity index (χ1v) is 5.90. The number of benzene rings is 2. The summed E-state index contributed by atoms with van der Waals surface area (Å²) in [5, 5.41) is 20.4. The lowest BCUT2D eigenvalue weighted by atomic mass is 9.84. The highest BCUT2D eigenvalue weighted by atomic mass is 16.5. The Morgan fingerprint density at radius 2 is 1.79 bits per heavy atom. The largest absolute Gasteiger partial charge is 0.507 e. The third-order valence-electron chi connectivity index (χ3n) is 3.29. The van der Waals surface area contributed by atoms with Gasteiger partial charge in [0.1, 0.15) is 23.7 Å². The summed E-state index contributed by atoms with van der Waals surface area (Å²) in [6.07, 6.45) is 0. The minimum atomic E-state index is -1.76. The number of phenolic OH excluding ortho intramolecular Hbond substituents is 1. The fourth-order valence-electron chi connectivity index (χ4n) is 2.25. The van der Waals surface area contributed by atoms with Gasteiger partial charge < -0.3 is 14.9 Å². The van der Waals surface area contributed by atoms with Crippen LogP contribution in [0.2, 0.25) is 0 Å². The second-order valence-corrected chi connectivity index (χ2v) is 4.49. The van der Waals surface area contributed by atoms with Gasteiger partial charge in [0, 0.05) is 0 Å². The molecule has 1 aliphatic rings. The first-order chi connectivity index (χ1) is 9.13. The molecule has 0 bridgehead atoms. The van der Waals surface area contributed by atoms with Crippen molar-refractivity contribution in [2.75, 3.05) is 6.61 Å². The SMILES string of the molecule is O=C1c2c(O)cccc2OCC1(O)c1ccccc1. The van der Waals surface area contributed by atoms with Crippen LogP contribution < -0.4 is 4.74 Å². The molecule has 1 aliphatic heterocycles. The maximum absolute atomic E-state index is 12.5. The number of hydrogen-bond donors (Lipinski definition) is 2. The molecular formula is C15H12O4. The smallest absolute Gasteiger partial charge is 0.209 e. The number of carbonyl (C=O) groups is 1. The standard InChI is InChI=1S/C15H12O4/c16-11-7-4-8-12-13(11)14(17)15(18,9-19-12)10-5-2-1-3-6-10/h1-8,16,18H,9H2. The van der Waals surface area contributed by atoms with E-state index < -0.39 is 11.4 Å². The summed E-state index contributed by atoms with van der Waals surface area (Å²) >= 11 is 0. The van der Waals surface area contributed by atoms with E-state index in [4.69, 9.17) is 4.74 Å². The van der Waals surface area contributed by atoms with E-state index in [9.17, 15) is 15.0 Å². The van der Waals surface area contributed by atoms with Gasteiger partial charge in [-0.15, -0.1) is 0 Å². The van der Waals surface area contributed by atoms with E-state index >= 15 is 0 Å². The van der Waals surface area contributed by atoms with Crippen LogP contribution in [-0.2, 0) is 5.60 Å². The number of ether oxygens (including phenoxy) is 1. The fourth-order valence-corrected chi connectivity index (χ4v) is 2.25. The van der Waals surface area contributed by atoms with Gasteiger partial charge in [-0.05, 0) is 17.7 Å². The van der Waals surface area contributed by atoms with Crippen LogP contribution >= 0.6 is 0 Å². The third kappa shape index (κ3) is 1.69. The van der Waals surface area contributed by atoms with Gasteiger partial charge in [0.2, 0.25) is 5.78 Å². The van der Waals surface area contributed by atoms with Crippen LogP contribution in [0.25, 0.3) is 0 Å². The highest BCUT2D eigenvalue weighted by Gasteiger charge is 2.45. The molecule has 1 atom stereocenters. The molecule has 0 saturated carbocycles. The predicted molar refractivity (Wildman–Crippen MR) is 68.3 cm³/mol. The van der Waals surface area contributed by atoms with Gasteiger partial charge >= 0.3 is 0 Å². The highest BCUT2D eigenvalue weighted by Crippen LogP contribution is 2.39. The van der Waals surface area contributed by atoms with Crippen molar-refractivity contribution < 1.29 is 19.7 Å². The Bertz CT molecular complexity index is 636. The van der Waals surface area contributed by atoms with E-state index in [2.05, 4.69) is 0 Å².